The van der Waals surface area contributed by atoms with Crippen molar-refractivity contribution in [1.82, 2.24) is 0 Å². The van der Waals surface area contributed by atoms with Crippen molar-refractivity contribution in [3.8, 4) is 0 Å². The van der Waals surface area contributed by atoms with Gasteiger partial charge in [-0.15, -0.1) is 0 Å². The number of carbonyl (C=O) groups excluding carboxylic acids is 2. The first-order chi connectivity index (χ1) is 11.4. The molecule has 0 aliphatic heterocycles. The number of hydrogen-bond acceptors (Lipinski definition) is 5. The Hall–Kier alpha value is -1.88. The first-order valence-electron chi connectivity index (χ1n) is 8.45. The van der Waals surface area contributed by atoms with Gasteiger partial charge < -0.3 is 14.6 Å². The zero-order chi connectivity index (χ0) is 17.9. The molecule has 0 spiro atoms. The number of aliphatic hydroxyl groups is 1. The average Bonchev–Trinajstić information content (AvgIpc) is 2.57. The number of rotatable bonds is 10. The molecule has 0 aliphatic carbocycles. The van der Waals surface area contributed by atoms with Gasteiger partial charge in [0.05, 0.1) is 19.1 Å². The summed E-state index contributed by atoms with van der Waals surface area (Å²) in [6, 6.07) is 8.63. The quantitative estimate of drug-likeness (QED) is 0.524. The summed E-state index contributed by atoms with van der Waals surface area (Å²) >= 11 is 0. The van der Waals surface area contributed by atoms with E-state index in [1.807, 2.05) is 6.07 Å². The van der Waals surface area contributed by atoms with Crippen molar-refractivity contribution in [2.24, 2.45) is 5.92 Å². The third kappa shape index (κ3) is 7.59. The number of unbranched alkanes of at least 4 members (excludes halogenated alkanes) is 1. The van der Waals surface area contributed by atoms with E-state index in [0.29, 0.717) is 17.9 Å². The second-order valence-electron chi connectivity index (χ2n) is 6.34. The van der Waals surface area contributed by atoms with Gasteiger partial charge in [-0.3, -0.25) is 4.79 Å². The van der Waals surface area contributed by atoms with Crippen molar-refractivity contribution in [2.75, 3.05) is 7.11 Å². The highest BCUT2D eigenvalue weighted by atomic mass is 16.6. The lowest BCUT2D eigenvalue weighted by atomic mass is 10.0. The molecule has 2 unspecified atom stereocenters. The molecule has 0 saturated heterocycles. The Balaban J connectivity index is 2.65. The number of methoxy groups -OCH3 is 1. The monoisotopic (exact) mass is 336 g/mol. The molecule has 5 nitrogen and oxygen atoms in total. The molecule has 0 bridgehead atoms. The van der Waals surface area contributed by atoms with Crippen LogP contribution in [0.15, 0.2) is 30.3 Å². The van der Waals surface area contributed by atoms with Gasteiger partial charge in [0.15, 0.2) is 0 Å². The molecule has 0 fully saturated rings. The van der Waals surface area contributed by atoms with E-state index in [2.05, 4.69) is 18.6 Å². The number of carbonyl (C=O) groups is 2. The zero-order valence-electron chi connectivity index (χ0n) is 14.7. The molecule has 24 heavy (non-hydrogen) atoms. The third-order valence-corrected chi connectivity index (χ3v) is 3.82. The van der Waals surface area contributed by atoms with Crippen LogP contribution < -0.4 is 0 Å². The zero-order valence-corrected chi connectivity index (χ0v) is 14.7. The molecule has 1 rings (SSSR count). The summed E-state index contributed by atoms with van der Waals surface area (Å²) in [5.74, 6) is -0.408. The van der Waals surface area contributed by atoms with Crippen molar-refractivity contribution in [2.45, 2.75) is 58.2 Å². The second kappa shape index (κ2) is 10.8. The van der Waals surface area contributed by atoms with Crippen LogP contribution in [-0.2, 0) is 14.3 Å². The summed E-state index contributed by atoms with van der Waals surface area (Å²) in [5, 5.41) is 10.2. The molecule has 0 saturated carbocycles. The molecule has 1 aromatic carbocycles. The normalized spacial score (nSPS) is 13.4. The Bertz CT molecular complexity index is 498. The van der Waals surface area contributed by atoms with Crippen LogP contribution >= 0.6 is 0 Å². The Morgan fingerprint density at radius 1 is 1.08 bits per heavy atom. The summed E-state index contributed by atoms with van der Waals surface area (Å²) in [6.45, 7) is 4.30. The third-order valence-electron chi connectivity index (χ3n) is 3.82. The van der Waals surface area contributed by atoms with Crippen molar-refractivity contribution < 1.29 is 24.2 Å². The Kier molecular flexibility index (Phi) is 9.08. The van der Waals surface area contributed by atoms with Gasteiger partial charge >= 0.3 is 11.9 Å². The van der Waals surface area contributed by atoms with Gasteiger partial charge in [-0.25, -0.2) is 4.79 Å². The van der Waals surface area contributed by atoms with Crippen LogP contribution in [0.4, 0.5) is 0 Å². The lowest BCUT2D eigenvalue weighted by Gasteiger charge is -2.23. The number of ether oxygens (including phenoxy) is 2. The lowest BCUT2D eigenvalue weighted by molar-refractivity contribution is -0.145. The maximum absolute atomic E-state index is 12.2. The molecule has 0 aromatic heterocycles. The fourth-order valence-electron chi connectivity index (χ4n) is 2.39. The summed E-state index contributed by atoms with van der Waals surface area (Å²) in [5.41, 5.74) is 0.426. The second-order valence-corrected chi connectivity index (χ2v) is 6.34. The summed E-state index contributed by atoms with van der Waals surface area (Å²) in [7, 11) is 1.27. The molecular weight excluding hydrogens is 308 g/mol. The van der Waals surface area contributed by atoms with Crippen LogP contribution in [0.25, 0.3) is 0 Å². The predicted molar refractivity (Wildman–Crippen MR) is 91.6 cm³/mol. The molecule has 0 heterocycles. The van der Waals surface area contributed by atoms with Crippen LogP contribution in [-0.4, -0.2) is 36.4 Å². The first-order valence-corrected chi connectivity index (χ1v) is 8.45. The molecule has 1 N–H and O–H groups in total. The molecule has 1 aromatic rings. The van der Waals surface area contributed by atoms with Gasteiger partial charge in [-0.2, -0.15) is 0 Å². The number of hydrogen-bond donors (Lipinski definition) is 1. The molecule has 5 heteroatoms. The smallest absolute Gasteiger partial charge is 0.338 e. The van der Waals surface area contributed by atoms with Gasteiger partial charge in [0.2, 0.25) is 0 Å². The van der Waals surface area contributed by atoms with E-state index in [9.17, 15) is 14.7 Å². The minimum absolute atomic E-state index is 0.187. The molecule has 0 radical (unpaired) electrons. The number of benzene rings is 1. The SMILES string of the molecule is COC(=O)CC(O)C(CCCCC(C)C)OC(=O)c1ccccc1. The van der Waals surface area contributed by atoms with E-state index < -0.39 is 24.1 Å². The van der Waals surface area contributed by atoms with E-state index in [-0.39, 0.29) is 6.42 Å². The maximum Gasteiger partial charge on any atom is 0.338 e. The van der Waals surface area contributed by atoms with Gasteiger partial charge in [0, 0.05) is 0 Å². The predicted octanol–water partition coefficient (Wildman–Crippen LogP) is 3.35. The molecule has 0 amide bonds. The van der Waals surface area contributed by atoms with Gasteiger partial charge in [-0.05, 0) is 30.9 Å². The van der Waals surface area contributed by atoms with Crippen LogP contribution in [0.5, 0.6) is 0 Å². The van der Waals surface area contributed by atoms with E-state index in [1.165, 1.54) is 7.11 Å². The lowest BCUT2D eigenvalue weighted by Crippen LogP contribution is -2.33. The van der Waals surface area contributed by atoms with E-state index in [0.717, 1.165) is 19.3 Å². The van der Waals surface area contributed by atoms with Crippen LogP contribution in [0, 0.1) is 5.92 Å². The van der Waals surface area contributed by atoms with Crippen LogP contribution in [0.3, 0.4) is 0 Å². The Labute approximate surface area is 144 Å². The fourth-order valence-corrected chi connectivity index (χ4v) is 2.39. The highest BCUT2D eigenvalue weighted by Gasteiger charge is 2.26. The maximum atomic E-state index is 12.2. The minimum Gasteiger partial charge on any atom is -0.469 e. The minimum atomic E-state index is -1.07. The summed E-state index contributed by atoms with van der Waals surface area (Å²) in [4.78, 5) is 23.6. The number of aliphatic hydroxyl groups excluding tert-OH is 1. The molecule has 0 aliphatic rings. The number of esters is 2. The summed E-state index contributed by atoms with van der Waals surface area (Å²) in [6.07, 6.45) is 1.43. The van der Waals surface area contributed by atoms with E-state index in [4.69, 9.17) is 4.74 Å². The van der Waals surface area contributed by atoms with Crippen molar-refractivity contribution in [3.63, 3.8) is 0 Å². The average molecular weight is 336 g/mol. The largest absolute Gasteiger partial charge is 0.469 e. The van der Waals surface area contributed by atoms with Crippen LogP contribution in [0.1, 0.15) is 56.3 Å². The highest BCUT2D eigenvalue weighted by Crippen LogP contribution is 2.17. The standard InChI is InChI=1S/C19H28O5/c1-14(2)9-7-8-12-17(16(20)13-18(21)23-3)24-19(22)15-10-5-4-6-11-15/h4-6,10-11,14,16-17,20H,7-9,12-13H2,1-3H3. The Morgan fingerprint density at radius 3 is 2.29 bits per heavy atom. The van der Waals surface area contributed by atoms with Crippen LogP contribution in [0.2, 0.25) is 0 Å². The van der Waals surface area contributed by atoms with Crippen molar-refractivity contribution >= 4 is 11.9 Å². The molecule has 2 atom stereocenters. The first kappa shape index (κ1) is 20.2. The fraction of sp³-hybridized carbons (Fsp3) is 0.579. The van der Waals surface area contributed by atoms with Gasteiger partial charge in [-0.1, -0.05) is 44.9 Å². The topological polar surface area (TPSA) is 72.8 Å². The Morgan fingerprint density at radius 2 is 1.71 bits per heavy atom. The van der Waals surface area contributed by atoms with Gasteiger partial charge in [0.1, 0.15) is 12.2 Å². The highest BCUT2D eigenvalue weighted by molar-refractivity contribution is 5.89. The van der Waals surface area contributed by atoms with E-state index >= 15 is 0 Å². The molecular formula is C19H28O5. The van der Waals surface area contributed by atoms with Gasteiger partial charge in [0.25, 0.3) is 0 Å². The summed E-state index contributed by atoms with van der Waals surface area (Å²) < 4.78 is 10.0. The van der Waals surface area contributed by atoms with Crippen molar-refractivity contribution in [1.29, 1.82) is 0 Å². The molecule has 134 valence electrons. The van der Waals surface area contributed by atoms with Crippen molar-refractivity contribution in [3.05, 3.63) is 35.9 Å². The van der Waals surface area contributed by atoms with E-state index in [1.54, 1.807) is 24.3 Å².